The zero-order valence-electron chi connectivity index (χ0n) is 12.5. The minimum absolute atomic E-state index is 0.259. The van der Waals surface area contributed by atoms with Gasteiger partial charge in [0.1, 0.15) is 11.2 Å². The number of H-pyrrole nitrogens is 1. The number of hydrogen-bond donors (Lipinski definition) is 2. The first-order valence-electron chi connectivity index (χ1n) is 7.29. The van der Waals surface area contributed by atoms with Crippen LogP contribution in [0.25, 0.3) is 11.3 Å². The number of aromatic nitrogens is 2. The lowest BCUT2D eigenvalue weighted by Crippen LogP contribution is -2.50. The molecular weight excluding hydrogens is 318 g/mol. The van der Waals surface area contributed by atoms with Gasteiger partial charge in [0.15, 0.2) is 0 Å². The second kappa shape index (κ2) is 5.70. The molecule has 1 saturated heterocycles. The first-order valence-corrected chi connectivity index (χ1v) is 7.67. The molecule has 1 amide bonds. The van der Waals surface area contributed by atoms with E-state index in [9.17, 15) is 14.7 Å². The molecule has 7 heteroatoms. The number of aliphatic carboxylic acids is 1. The molecule has 3 rings (SSSR count). The molecule has 2 heterocycles. The number of amides is 1. The van der Waals surface area contributed by atoms with Gasteiger partial charge in [0.05, 0.1) is 10.7 Å². The lowest BCUT2D eigenvalue weighted by Gasteiger charge is -2.30. The van der Waals surface area contributed by atoms with Crippen LogP contribution in [0, 0.1) is 0 Å². The van der Waals surface area contributed by atoms with E-state index in [0.717, 1.165) is 0 Å². The van der Waals surface area contributed by atoms with Crippen LogP contribution in [0.1, 0.15) is 30.3 Å². The number of rotatable bonds is 3. The molecule has 1 atom stereocenters. The Bertz CT molecular complexity index is 773. The quantitative estimate of drug-likeness (QED) is 0.904. The van der Waals surface area contributed by atoms with Crippen molar-refractivity contribution in [2.24, 2.45) is 0 Å². The van der Waals surface area contributed by atoms with E-state index in [-0.39, 0.29) is 11.6 Å². The Morgan fingerprint density at radius 1 is 1.39 bits per heavy atom. The Morgan fingerprint density at radius 3 is 2.83 bits per heavy atom. The van der Waals surface area contributed by atoms with Gasteiger partial charge in [0.25, 0.3) is 5.91 Å². The number of nitrogens with zero attached hydrogens (tertiary/aromatic N) is 2. The zero-order chi connectivity index (χ0) is 16.6. The third-order valence-electron chi connectivity index (χ3n) is 4.31. The molecule has 0 spiro atoms. The van der Waals surface area contributed by atoms with Crippen LogP contribution in [0.15, 0.2) is 30.3 Å². The molecule has 0 radical (unpaired) electrons. The normalized spacial score (nSPS) is 20.7. The summed E-state index contributed by atoms with van der Waals surface area (Å²) in [5.41, 5.74) is 0.351. The van der Waals surface area contributed by atoms with Gasteiger partial charge in [-0.05, 0) is 31.9 Å². The zero-order valence-corrected chi connectivity index (χ0v) is 13.3. The number of halogens is 1. The number of carbonyl (C=O) groups excluding carboxylic acids is 1. The number of benzene rings is 1. The molecule has 2 aromatic rings. The Labute approximate surface area is 138 Å². The highest BCUT2D eigenvalue weighted by Crippen LogP contribution is 2.32. The van der Waals surface area contributed by atoms with Gasteiger partial charge in [-0.15, -0.1) is 0 Å². The molecule has 1 unspecified atom stereocenters. The molecule has 0 saturated carbocycles. The molecule has 0 aliphatic carbocycles. The predicted octanol–water partition coefficient (Wildman–Crippen LogP) is 2.81. The topological polar surface area (TPSA) is 86.3 Å². The molecule has 0 bridgehead atoms. The van der Waals surface area contributed by atoms with Gasteiger partial charge in [-0.1, -0.05) is 29.8 Å². The van der Waals surface area contributed by atoms with Crippen molar-refractivity contribution >= 4 is 23.5 Å². The van der Waals surface area contributed by atoms with E-state index in [1.807, 2.05) is 18.2 Å². The summed E-state index contributed by atoms with van der Waals surface area (Å²) in [6.45, 7) is 1.99. The van der Waals surface area contributed by atoms with Crippen LogP contribution < -0.4 is 0 Å². The summed E-state index contributed by atoms with van der Waals surface area (Å²) in [4.78, 5) is 25.5. The number of aromatic amines is 1. The smallest absolute Gasteiger partial charge is 0.329 e. The molecule has 1 fully saturated rings. The average Bonchev–Trinajstić information content (AvgIpc) is 3.15. The average molecular weight is 334 g/mol. The van der Waals surface area contributed by atoms with Crippen molar-refractivity contribution in [2.75, 3.05) is 6.54 Å². The highest BCUT2D eigenvalue weighted by atomic mass is 35.5. The van der Waals surface area contributed by atoms with E-state index in [1.54, 1.807) is 19.1 Å². The SMILES string of the molecule is CC1(C(=O)O)CCCN1C(=O)c1cc(-c2ccccc2Cl)n[nH]1. The first-order chi connectivity index (χ1) is 10.9. The maximum Gasteiger partial charge on any atom is 0.329 e. The van der Waals surface area contributed by atoms with E-state index < -0.39 is 11.5 Å². The van der Waals surface area contributed by atoms with Crippen LogP contribution in [0.4, 0.5) is 0 Å². The summed E-state index contributed by atoms with van der Waals surface area (Å²) < 4.78 is 0. The van der Waals surface area contributed by atoms with Crippen molar-refractivity contribution < 1.29 is 14.7 Å². The summed E-state index contributed by atoms with van der Waals surface area (Å²) in [5.74, 6) is -1.35. The molecule has 120 valence electrons. The first kappa shape index (κ1) is 15.6. The van der Waals surface area contributed by atoms with Gasteiger partial charge in [0.2, 0.25) is 0 Å². The van der Waals surface area contributed by atoms with Crippen molar-refractivity contribution in [3.05, 3.63) is 41.0 Å². The standard InChI is InChI=1S/C16H16ClN3O3/c1-16(15(22)23)7-4-8-20(16)14(21)13-9-12(18-19-13)10-5-2-3-6-11(10)17/h2-3,5-6,9H,4,7-8H2,1H3,(H,18,19)(H,22,23). The molecular formula is C16H16ClN3O3. The molecule has 1 aromatic carbocycles. The van der Waals surface area contributed by atoms with Crippen molar-refractivity contribution in [1.82, 2.24) is 15.1 Å². The van der Waals surface area contributed by atoms with Crippen LogP contribution in [-0.4, -0.2) is 44.2 Å². The van der Waals surface area contributed by atoms with Crippen LogP contribution >= 0.6 is 11.6 Å². The van der Waals surface area contributed by atoms with Crippen molar-refractivity contribution in [3.8, 4) is 11.3 Å². The molecule has 1 aliphatic rings. The van der Waals surface area contributed by atoms with Crippen molar-refractivity contribution in [1.29, 1.82) is 0 Å². The van der Waals surface area contributed by atoms with Crippen LogP contribution in [-0.2, 0) is 4.79 Å². The van der Waals surface area contributed by atoms with E-state index in [4.69, 9.17) is 11.6 Å². The Balaban J connectivity index is 1.90. The second-order valence-corrected chi connectivity index (χ2v) is 6.19. The second-order valence-electron chi connectivity index (χ2n) is 5.79. The van der Waals surface area contributed by atoms with E-state index in [2.05, 4.69) is 10.2 Å². The lowest BCUT2D eigenvalue weighted by atomic mass is 9.99. The summed E-state index contributed by atoms with van der Waals surface area (Å²) in [6.07, 6.45) is 1.11. The molecule has 1 aromatic heterocycles. The number of carboxylic acids is 1. The fourth-order valence-corrected chi connectivity index (χ4v) is 3.13. The molecule has 1 aliphatic heterocycles. The molecule has 2 N–H and O–H groups in total. The fraction of sp³-hybridized carbons (Fsp3) is 0.312. The van der Waals surface area contributed by atoms with Crippen LogP contribution in [0.3, 0.4) is 0 Å². The minimum atomic E-state index is -1.17. The highest BCUT2D eigenvalue weighted by Gasteiger charge is 2.46. The van der Waals surface area contributed by atoms with Crippen molar-refractivity contribution in [2.45, 2.75) is 25.3 Å². The number of nitrogens with one attached hydrogen (secondary N) is 1. The number of likely N-dealkylation sites (tertiary alicyclic amines) is 1. The third kappa shape index (κ3) is 2.59. The number of carboxylic acid groups (broad SMARTS) is 1. The fourth-order valence-electron chi connectivity index (χ4n) is 2.89. The maximum atomic E-state index is 12.7. The summed E-state index contributed by atoms with van der Waals surface area (Å²) in [6, 6.07) is 8.80. The predicted molar refractivity (Wildman–Crippen MR) is 85.3 cm³/mol. The van der Waals surface area contributed by atoms with Gasteiger partial charge < -0.3 is 10.0 Å². The van der Waals surface area contributed by atoms with Gasteiger partial charge in [-0.25, -0.2) is 4.79 Å². The Hall–Kier alpha value is -2.34. The Kier molecular flexibility index (Phi) is 3.85. The van der Waals surface area contributed by atoms with E-state index in [1.165, 1.54) is 4.90 Å². The molecule has 23 heavy (non-hydrogen) atoms. The monoisotopic (exact) mass is 333 g/mol. The summed E-state index contributed by atoms with van der Waals surface area (Å²) in [5, 5.41) is 16.8. The van der Waals surface area contributed by atoms with Crippen LogP contribution in [0.2, 0.25) is 5.02 Å². The number of carbonyl (C=O) groups is 2. The number of hydrogen-bond acceptors (Lipinski definition) is 3. The van der Waals surface area contributed by atoms with Gasteiger partial charge in [-0.2, -0.15) is 5.10 Å². The van der Waals surface area contributed by atoms with E-state index >= 15 is 0 Å². The summed E-state index contributed by atoms with van der Waals surface area (Å²) in [7, 11) is 0. The van der Waals surface area contributed by atoms with E-state index in [0.29, 0.717) is 35.7 Å². The molecule has 6 nitrogen and oxygen atoms in total. The van der Waals surface area contributed by atoms with Crippen molar-refractivity contribution in [3.63, 3.8) is 0 Å². The lowest BCUT2D eigenvalue weighted by molar-refractivity contribution is -0.147. The minimum Gasteiger partial charge on any atom is -0.480 e. The maximum absolute atomic E-state index is 12.7. The third-order valence-corrected chi connectivity index (χ3v) is 4.63. The van der Waals surface area contributed by atoms with Gasteiger partial charge >= 0.3 is 5.97 Å². The van der Waals surface area contributed by atoms with Gasteiger partial charge in [0, 0.05) is 12.1 Å². The highest BCUT2D eigenvalue weighted by molar-refractivity contribution is 6.33. The largest absolute Gasteiger partial charge is 0.480 e. The summed E-state index contributed by atoms with van der Waals surface area (Å²) >= 11 is 6.13. The van der Waals surface area contributed by atoms with Gasteiger partial charge in [-0.3, -0.25) is 9.89 Å². The Morgan fingerprint density at radius 2 is 2.13 bits per heavy atom. The van der Waals surface area contributed by atoms with Crippen LogP contribution in [0.5, 0.6) is 0 Å².